The molecule has 0 saturated carbocycles. The van der Waals surface area contributed by atoms with Crippen LogP contribution in [0.1, 0.15) is 12.5 Å². The Hall–Kier alpha value is -2.64. The molecule has 0 aliphatic heterocycles. The normalized spacial score (nSPS) is 11.9. The van der Waals surface area contributed by atoms with Gasteiger partial charge in [0.25, 0.3) is 5.91 Å². The Labute approximate surface area is 173 Å². The minimum absolute atomic E-state index is 0.241. The van der Waals surface area contributed by atoms with Crippen molar-refractivity contribution in [1.29, 1.82) is 0 Å². The number of benzene rings is 2. The lowest BCUT2D eigenvalue weighted by Crippen LogP contribution is -2.36. The van der Waals surface area contributed by atoms with Gasteiger partial charge in [-0.25, -0.2) is 4.42 Å². The lowest BCUT2D eigenvalue weighted by Gasteiger charge is -2.19. The molecule has 0 saturated heterocycles. The summed E-state index contributed by atoms with van der Waals surface area (Å²) in [5.41, 5.74) is 1.53. The molecule has 0 heterocycles. The number of ether oxygens (including phenoxy) is 2. The molecule has 2 aromatic rings. The van der Waals surface area contributed by atoms with E-state index in [1.165, 1.54) is 27.2 Å². The number of ketones is 1. The molecule has 0 aromatic heterocycles. The number of amides is 1. The molecular formula is C19H19Cl2N3O4. The summed E-state index contributed by atoms with van der Waals surface area (Å²) in [6.45, 7) is 3.11. The molecule has 1 unspecified atom stereocenters. The van der Waals surface area contributed by atoms with Crippen LogP contribution in [0, 0.1) is 6.92 Å². The van der Waals surface area contributed by atoms with Crippen molar-refractivity contribution in [2.75, 3.05) is 18.6 Å². The Bertz CT molecular complexity index is 918. The summed E-state index contributed by atoms with van der Waals surface area (Å²) in [6, 6.07) is 8.42. The minimum atomic E-state index is -1.43. The van der Waals surface area contributed by atoms with E-state index in [9.17, 15) is 9.59 Å². The third-order valence-corrected chi connectivity index (χ3v) is 4.45. The number of halogens is 2. The van der Waals surface area contributed by atoms with E-state index < -0.39 is 17.7 Å². The zero-order valence-electron chi connectivity index (χ0n) is 15.8. The highest BCUT2D eigenvalue weighted by Gasteiger charge is 2.30. The van der Waals surface area contributed by atoms with Crippen molar-refractivity contribution in [3.05, 3.63) is 47.0 Å². The number of hydrogen-bond acceptors (Lipinski definition) is 6. The van der Waals surface area contributed by atoms with Gasteiger partial charge in [0.1, 0.15) is 22.9 Å². The van der Waals surface area contributed by atoms with Crippen LogP contribution in [0.2, 0.25) is 5.02 Å². The Morgan fingerprint density at radius 2 is 1.82 bits per heavy atom. The molecule has 148 valence electrons. The van der Waals surface area contributed by atoms with Gasteiger partial charge in [0.2, 0.25) is 6.04 Å². The molecule has 0 radical (unpaired) electrons. The topological polar surface area (TPSA) is 80.6 Å². The predicted molar refractivity (Wildman–Crippen MR) is 108 cm³/mol. The first kappa shape index (κ1) is 21.7. The smallest absolute Gasteiger partial charge is 0.276 e. The van der Waals surface area contributed by atoms with Gasteiger partial charge in [0.05, 0.1) is 19.2 Å². The van der Waals surface area contributed by atoms with Gasteiger partial charge in [-0.1, -0.05) is 17.7 Å². The summed E-state index contributed by atoms with van der Waals surface area (Å²) in [5.74, 6) is -0.474. The fraction of sp³-hybridized carbons (Fsp3) is 0.263. The molecule has 0 spiro atoms. The molecule has 0 aliphatic carbocycles. The fourth-order valence-corrected chi connectivity index (χ4v) is 2.80. The van der Waals surface area contributed by atoms with Crippen LogP contribution in [0.25, 0.3) is 0 Å². The number of hydrogen-bond donors (Lipinski definition) is 0. The number of carbonyl (C=O) groups is 2. The number of azo groups is 1. The van der Waals surface area contributed by atoms with Crippen LogP contribution in [0.3, 0.4) is 0 Å². The summed E-state index contributed by atoms with van der Waals surface area (Å²) < 4.78 is 11.1. The van der Waals surface area contributed by atoms with Crippen LogP contribution in [-0.4, -0.2) is 32.0 Å². The Kier molecular flexibility index (Phi) is 7.37. The Morgan fingerprint density at radius 3 is 2.39 bits per heavy atom. The van der Waals surface area contributed by atoms with Crippen LogP contribution >= 0.6 is 23.4 Å². The predicted octanol–water partition coefficient (Wildman–Crippen LogP) is 4.89. The van der Waals surface area contributed by atoms with Crippen LogP contribution < -0.4 is 13.9 Å². The van der Waals surface area contributed by atoms with Gasteiger partial charge in [-0.15, -0.1) is 0 Å². The lowest BCUT2D eigenvalue weighted by molar-refractivity contribution is -0.126. The third-order valence-electron chi connectivity index (χ3n) is 3.79. The monoisotopic (exact) mass is 423 g/mol. The van der Waals surface area contributed by atoms with Crippen molar-refractivity contribution in [3.8, 4) is 11.5 Å². The van der Waals surface area contributed by atoms with Crippen molar-refractivity contribution in [1.82, 2.24) is 0 Å². The Morgan fingerprint density at radius 1 is 1.11 bits per heavy atom. The molecule has 9 heteroatoms. The van der Waals surface area contributed by atoms with Gasteiger partial charge in [0.15, 0.2) is 5.78 Å². The molecular weight excluding hydrogens is 405 g/mol. The standard InChI is InChI=1S/C19H19Cl2N3O4/c1-11-5-7-15(14(20)9-11)22-23-18(12(2)25)19(26)24(21)16-8-6-13(27-3)10-17(16)28-4/h5-10,18H,1-4H3. The molecule has 2 rings (SSSR count). The highest BCUT2D eigenvalue weighted by atomic mass is 35.5. The Balaban J connectivity index is 2.32. The SMILES string of the molecule is COc1ccc(N(Cl)C(=O)C(N=Nc2ccc(C)cc2Cl)C(C)=O)c(OC)c1. The van der Waals surface area contributed by atoms with Gasteiger partial charge in [0, 0.05) is 17.8 Å². The van der Waals surface area contributed by atoms with Crippen molar-refractivity contribution in [3.63, 3.8) is 0 Å². The second-order valence-electron chi connectivity index (χ2n) is 5.84. The number of methoxy groups -OCH3 is 2. The van der Waals surface area contributed by atoms with Gasteiger partial charge in [-0.3, -0.25) is 9.59 Å². The first-order valence-electron chi connectivity index (χ1n) is 8.17. The van der Waals surface area contributed by atoms with Crippen molar-refractivity contribution < 1.29 is 19.1 Å². The van der Waals surface area contributed by atoms with E-state index in [4.69, 9.17) is 32.9 Å². The van der Waals surface area contributed by atoms with Gasteiger partial charge >= 0.3 is 0 Å². The maximum atomic E-state index is 12.8. The number of nitrogens with zero attached hydrogens (tertiary/aromatic N) is 3. The van der Waals surface area contributed by atoms with E-state index in [0.717, 1.165) is 9.98 Å². The third kappa shape index (κ3) is 4.99. The summed E-state index contributed by atoms with van der Waals surface area (Å²) in [7, 11) is 2.93. The van der Waals surface area contributed by atoms with Crippen LogP contribution in [0.5, 0.6) is 11.5 Å². The fourth-order valence-electron chi connectivity index (χ4n) is 2.29. The van der Waals surface area contributed by atoms with Crippen molar-refractivity contribution in [2.24, 2.45) is 10.2 Å². The average molecular weight is 424 g/mol. The molecule has 0 fully saturated rings. The van der Waals surface area contributed by atoms with E-state index in [1.807, 2.05) is 6.92 Å². The summed E-state index contributed by atoms with van der Waals surface area (Å²) in [6.07, 6.45) is 0. The molecule has 0 N–H and O–H groups in total. The molecule has 1 amide bonds. The highest BCUT2D eigenvalue weighted by molar-refractivity contribution is 6.39. The highest BCUT2D eigenvalue weighted by Crippen LogP contribution is 2.34. The number of Topliss-reactive ketones (excluding diaryl/α,β-unsaturated/α-hetero) is 1. The molecule has 0 bridgehead atoms. The van der Waals surface area contributed by atoms with E-state index in [-0.39, 0.29) is 5.69 Å². The molecule has 2 aromatic carbocycles. The van der Waals surface area contributed by atoms with Gasteiger partial charge < -0.3 is 9.47 Å². The zero-order valence-corrected chi connectivity index (χ0v) is 17.3. The molecule has 1 atom stereocenters. The number of aryl methyl sites for hydroxylation is 1. The molecule has 7 nitrogen and oxygen atoms in total. The van der Waals surface area contributed by atoms with Crippen molar-refractivity contribution >= 4 is 46.4 Å². The lowest BCUT2D eigenvalue weighted by atomic mass is 10.2. The maximum absolute atomic E-state index is 12.8. The van der Waals surface area contributed by atoms with Crippen molar-refractivity contribution in [2.45, 2.75) is 19.9 Å². The molecule has 28 heavy (non-hydrogen) atoms. The van der Waals surface area contributed by atoms with Crippen LogP contribution in [0.15, 0.2) is 46.6 Å². The minimum Gasteiger partial charge on any atom is -0.497 e. The molecule has 0 aliphatic rings. The van der Waals surface area contributed by atoms with Crippen LogP contribution in [-0.2, 0) is 9.59 Å². The van der Waals surface area contributed by atoms with E-state index in [2.05, 4.69) is 10.2 Å². The van der Waals surface area contributed by atoms with E-state index in [0.29, 0.717) is 22.2 Å². The number of carbonyl (C=O) groups excluding carboxylic acids is 2. The largest absolute Gasteiger partial charge is 0.497 e. The summed E-state index contributed by atoms with van der Waals surface area (Å²) in [5, 5.41) is 8.18. The van der Waals surface area contributed by atoms with Crippen LogP contribution in [0.4, 0.5) is 11.4 Å². The quantitative estimate of drug-likeness (QED) is 0.360. The zero-order chi connectivity index (χ0) is 20.8. The summed E-state index contributed by atoms with van der Waals surface area (Å²) in [4.78, 5) is 24.8. The first-order chi connectivity index (χ1) is 13.3. The summed E-state index contributed by atoms with van der Waals surface area (Å²) >= 11 is 12.3. The maximum Gasteiger partial charge on any atom is 0.276 e. The first-order valence-corrected chi connectivity index (χ1v) is 8.89. The second-order valence-corrected chi connectivity index (χ2v) is 6.59. The van der Waals surface area contributed by atoms with Gasteiger partial charge in [-0.05, 0) is 43.7 Å². The number of anilines is 1. The number of rotatable bonds is 7. The van der Waals surface area contributed by atoms with E-state index >= 15 is 0 Å². The second kappa shape index (κ2) is 9.52. The van der Waals surface area contributed by atoms with Gasteiger partial charge in [-0.2, -0.15) is 10.2 Å². The van der Waals surface area contributed by atoms with E-state index in [1.54, 1.807) is 30.3 Å². The average Bonchev–Trinajstić information content (AvgIpc) is 2.68.